The van der Waals surface area contributed by atoms with E-state index in [4.69, 9.17) is 21.3 Å². The van der Waals surface area contributed by atoms with Crippen LogP contribution in [0.15, 0.2) is 60.7 Å². The number of nitrogens with zero attached hydrogens (tertiary/aromatic N) is 2. The molecule has 1 aliphatic heterocycles. The summed E-state index contributed by atoms with van der Waals surface area (Å²) in [5.74, 6) is 1.74. The molecule has 2 aliphatic rings. The molecule has 0 atom stereocenters. The molecule has 0 aromatic heterocycles. The van der Waals surface area contributed by atoms with Crippen molar-refractivity contribution in [3.05, 3.63) is 71.8 Å². The Balaban J connectivity index is 0.00000200. The Hall–Kier alpha value is -3.29. The lowest BCUT2D eigenvalue weighted by molar-refractivity contribution is -0.119. The number of hydrogen-bond acceptors (Lipinski definition) is 4. The summed E-state index contributed by atoms with van der Waals surface area (Å²) in [6.45, 7) is 4.01. The van der Waals surface area contributed by atoms with Gasteiger partial charge in [-0.25, -0.2) is 0 Å². The van der Waals surface area contributed by atoms with Gasteiger partial charge in [-0.3, -0.25) is 15.6 Å². The zero-order chi connectivity index (χ0) is 25.2. The fraction of sp³-hybridized carbons (Fsp3) is 0.345. The number of benzene rings is 3. The zero-order valence-electron chi connectivity index (χ0n) is 21.5. The molecular weight excluding hydrogens is 521 g/mol. The number of anilines is 1. The number of fused-ring (bicyclic) bond motifs is 1. The van der Waals surface area contributed by atoms with Gasteiger partial charge in [0.2, 0.25) is 5.91 Å². The molecule has 0 spiro atoms. The number of ether oxygens (including phenoxy) is 1. The van der Waals surface area contributed by atoms with Crippen LogP contribution in [0.25, 0.3) is 10.8 Å². The maximum Gasteiger partial charge on any atom is 0.230 e. The maximum atomic E-state index is 13.2. The Morgan fingerprint density at radius 2 is 1.61 bits per heavy atom. The van der Waals surface area contributed by atoms with Gasteiger partial charge in [-0.15, -0.1) is 24.8 Å². The highest BCUT2D eigenvalue weighted by molar-refractivity contribution is 5.99. The molecule has 7 nitrogen and oxygen atoms in total. The van der Waals surface area contributed by atoms with Crippen molar-refractivity contribution in [1.29, 1.82) is 10.8 Å². The number of likely N-dealkylation sites (tertiary alicyclic amines) is 1. The third kappa shape index (κ3) is 6.77. The summed E-state index contributed by atoms with van der Waals surface area (Å²) in [6.07, 6.45) is 3.84. The van der Waals surface area contributed by atoms with Crippen molar-refractivity contribution < 1.29 is 9.53 Å². The molecule has 1 amide bonds. The molecule has 1 heterocycles. The van der Waals surface area contributed by atoms with Crippen LogP contribution in [0.2, 0.25) is 0 Å². The maximum absolute atomic E-state index is 13.2. The highest BCUT2D eigenvalue weighted by Crippen LogP contribution is 2.34. The van der Waals surface area contributed by atoms with Gasteiger partial charge in [-0.2, -0.15) is 0 Å². The molecule has 1 aliphatic carbocycles. The van der Waals surface area contributed by atoms with E-state index in [1.807, 2.05) is 54.3 Å². The largest absolute Gasteiger partial charge is 0.490 e. The quantitative estimate of drug-likeness (QED) is 0.255. The van der Waals surface area contributed by atoms with Gasteiger partial charge in [0.05, 0.1) is 12.4 Å². The van der Waals surface area contributed by atoms with Crippen LogP contribution in [0.3, 0.4) is 0 Å². The van der Waals surface area contributed by atoms with E-state index in [1.54, 1.807) is 0 Å². The summed E-state index contributed by atoms with van der Waals surface area (Å²) in [4.78, 5) is 17.2. The van der Waals surface area contributed by atoms with Gasteiger partial charge in [0.25, 0.3) is 0 Å². The minimum atomic E-state index is 0. The number of nitrogens with one attached hydrogen (secondary N) is 2. The monoisotopic (exact) mass is 555 g/mol. The molecule has 38 heavy (non-hydrogen) atoms. The number of nitrogen functional groups attached to an aromatic ring is 1. The van der Waals surface area contributed by atoms with Gasteiger partial charge < -0.3 is 20.3 Å². The van der Waals surface area contributed by atoms with Crippen molar-refractivity contribution >= 4 is 58.9 Å². The number of rotatable bonds is 7. The number of halogens is 2. The number of hydrogen-bond donors (Lipinski definition) is 3. The SMILES string of the molecule is CC(=N)N1CCC(Oc2ccc(N(Cc3ccc4ccc(C(=N)N)cc4c3)C(=O)C3CC3)cc2)CC1.Cl.Cl. The minimum Gasteiger partial charge on any atom is -0.490 e. The number of carbonyl (C=O) groups excluding carboxylic acids is 1. The molecule has 0 radical (unpaired) electrons. The highest BCUT2D eigenvalue weighted by Gasteiger charge is 2.34. The average molecular weight is 557 g/mol. The van der Waals surface area contributed by atoms with E-state index in [2.05, 4.69) is 23.1 Å². The van der Waals surface area contributed by atoms with E-state index in [0.29, 0.717) is 17.9 Å². The lowest BCUT2D eigenvalue weighted by Gasteiger charge is -2.33. The molecule has 202 valence electrons. The topological polar surface area (TPSA) is 106 Å². The van der Waals surface area contributed by atoms with Crippen molar-refractivity contribution in [2.24, 2.45) is 11.7 Å². The smallest absolute Gasteiger partial charge is 0.230 e. The van der Waals surface area contributed by atoms with Gasteiger partial charge in [0, 0.05) is 43.1 Å². The summed E-state index contributed by atoms with van der Waals surface area (Å²) < 4.78 is 6.21. The Kier molecular flexibility index (Phi) is 9.63. The van der Waals surface area contributed by atoms with Gasteiger partial charge in [-0.05, 0) is 72.5 Å². The summed E-state index contributed by atoms with van der Waals surface area (Å²) in [7, 11) is 0. The lowest BCUT2D eigenvalue weighted by Crippen LogP contribution is -2.40. The predicted octanol–water partition coefficient (Wildman–Crippen LogP) is 5.75. The molecule has 5 rings (SSSR count). The third-order valence-electron chi connectivity index (χ3n) is 7.12. The fourth-order valence-electron chi connectivity index (χ4n) is 4.80. The predicted molar refractivity (Wildman–Crippen MR) is 158 cm³/mol. The molecule has 0 bridgehead atoms. The van der Waals surface area contributed by atoms with E-state index >= 15 is 0 Å². The number of nitrogens with two attached hydrogens (primary N) is 1. The van der Waals surface area contributed by atoms with Crippen molar-refractivity contribution in [3.8, 4) is 5.75 Å². The van der Waals surface area contributed by atoms with Gasteiger partial charge in [0.1, 0.15) is 17.7 Å². The molecule has 4 N–H and O–H groups in total. The number of piperidine rings is 1. The van der Waals surface area contributed by atoms with Crippen LogP contribution in [0.1, 0.15) is 43.7 Å². The standard InChI is InChI=1S/C29H33N5O2.2ClH/c1-19(30)33-14-12-27(13-15-33)36-26-10-8-25(9-11-26)34(29(35)22-5-6-22)18-20-2-3-21-4-7-23(28(31)32)17-24(21)16-20;;/h2-4,7-11,16-17,22,27,30H,5-6,12-15,18H2,1H3,(H3,31,32);2*1H. The van der Waals surface area contributed by atoms with Gasteiger partial charge in [0.15, 0.2) is 0 Å². The van der Waals surface area contributed by atoms with Crippen molar-refractivity contribution in [2.45, 2.75) is 45.3 Å². The van der Waals surface area contributed by atoms with Gasteiger partial charge in [-0.1, -0.05) is 24.3 Å². The van der Waals surface area contributed by atoms with Crippen LogP contribution in [-0.2, 0) is 11.3 Å². The lowest BCUT2D eigenvalue weighted by atomic mass is 10.0. The van der Waals surface area contributed by atoms with Crippen molar-refractivity contribution in [2.75, 3.05) is 18.0 Å². The molecule has 3 aromatic rings. The summed E-state index contributed by atoms with van der Waals surface area (Å²) >= 11 is 0. The molecule has 9 heteroatoms. The van der Waals surface area contributed by atoms with E-state index in [-0.39, 0.29) is 48.6 Å². The highest BCUT2D eigenvalue weighted by atomic mass is 35.5. The summed E-state index contributed by atoms with van der Waals surface area (Å²) in [5.41, 5.74) is 8.27. The first-order valence-corrected chi connectivity index (χ1v) is 12.6. The number of amides is 1. The Labute approximate surface area is 236 Å². The summed E-state index contributed by atoms with van der Waals surface area (Å²) in [5, 5.41) is 17.6. The van der Waals surface area contributed by atoms with Crippen LogP contribution < -0.4 is 15.4 Å². The van der Waals surface area contributed by atoms with Crippen molar-refractivity contribution in [1.82, 2.24) is 4.90 Å². The van der Waals surface area contributed by atoms with Crippen LogP contribution >= 0.6 is 24.8 Å². The summed E-state index contributed by atoms with van der Waals surface area (Å²) in [6, 6.07) is 19.8. The Morgan fingerprint density at radius 1 is 0.947 bits per heavy atom. The Morgan fingerprint density at radius 3 is 2.21 bits per heavy atom. The average Bonchev–Trinajstić information content (AvgIpc) is 3.73. The molecule has 1 saturated heterocycles. The zero-order valence-corrected chi connectivity index (χ0v) is 23.1. The second kappa shape index (κ2) is 12.5. The van der Waals surface area contributed by atoms with E-state index in [0.717, 1.165) is 66.5 Å². The fourth-order valence-corrected chi connectivity index (χ4v) is 4.80. The van der Waals surface area contributed by atoms with Crippen LogP contribution in [0.4, 0.5) is 5.69 Å². The molecule has 0 unspecified atom stereocenters. The first-order chi connectivity index (χ1) is 17.4. The minimum absolute atomic E-state index is 0. The molecule has 1 saturated carbocycles. The van der Waals surface area contributed by atoms with Crippen molar-refractivity contribution in [3.63, 3.8) is 0 Å². The number of carbonyl (C=O) groups is 1. The molecule has 2 fully saturated rings. The van der Waals surface area contributed by atoms with Crippen LogP contribution in [0.5, 0.6) is 5.75 Å². The first-order valence-electron chi connectivity index (χ1n) is 12.6. The normalized spacial score (nSPS) is 15.2. The van der Waals surface area contributed by atoms with Crippen LogP contribution in [0, 0.1) is 16.7 Å². The second-order valence-electron chi connectivity index (χ2n) is 9.89. The third-order valence-corrected chi connectivity index (χ3v) is 7.12. The molecule has 3 aromatic carbocycles. The first kappa shape index (κ1) is 29.3. The van der Waals surface area contributed by atoms with E-state index in [9.17, 15) is 4.79 Å². The second-order valence-corrected chi connectivity index (χ2v) is 9.89. The van der Waals surface area contributed by atoms with Gasteiger partial charge >= 0.3 is 0 Å². The molecular formula is C29H35Cl2N5O2. The van der Waals surface area contributed by atoms with E-state index < -0.39 is 0 Å². The van der Waals surface area contributed by atoms with E-state index in [1.165, 1.54) is 0 Å². The van der Waals surface area contributed by atoms with Crippen LogP contribution in [-0.4, -0.2) is 41.7 Å². The Bertz CT molecular complexity index is 1300. The number of amidine groups is 2.